The average Bonchev–Trinajstić information content (AvgIpc) is 3.15. The molecule has 0 spiro atoms. The zero-order valence-corrected chi connectivity index (χ0v) is 9.82. The molecule has 1 aliphatic rings. The monoisotopic (exact) mass is 232 g/mol. The molecule has 0 bridgehead atoms. The van der Waals surface area contributed by atoms with Gasteiger partial charge in [0.05, 0.1) is 0 Å². The molecule has 1 fully saturated rings. The van der Waals surface area contributed by atoms with Gasteiger partial charge in [0.25, 0.3) is 0 Å². The molecular weight excluding hydrogens is 216 g/mol. The van der Waals surface area contributed by atoms with Crippen LogP contribution in [0.2, 0.25) is 0 Å². The maximum atomic E-state index is 11.5. The van der Waals surface area contributed by atoms with Crippen molar-refractivity contribution >= 4 is 23.2 Å². The van der Waals surface area contributed by atoms with Gasteiger partial charge in [-0.2, -0.15) is 0 Å². The van der Waals surface area contributed by atoms with Crippen LogP contribution < -0.4 is 10.6 Å². The van der Waals surface area contributed by atoms with E-state index in [0.717, 1.165) is 24.2 Å². The van der Waals surface area contributed by atoms with E-state index in [0.29, 0.717) is 6.42 Å². The van der Waals surface area contributed by atoms with Crippen molar-refractivity contribution in [3.05, 3.63) is 24.3 Å². The van der Waals surface area contributed by atoms with Gasteiger partial charge in [0.2, 0.25) is 11.8 Å². The quantitative estimate of drug-likeness (QED) is 0.837. The SMILES string of the molecule is CCC(=O)Nc1ccc(NC(=O)C2CC2)cc1. The summed E-state index contributed by atoms with van der Waals surface area (Å²) in [6.45, 7) is 1.81. The molecule has 0 aromatic heterocycles. The Bertz CT molecular complexity index is 422. The third-order valence-corrected chi connectivity index (χ3v) is 2.71. The number of hydrogen-bond donors (Lipinski definition) is 2. The van der Waals surface area contributed by atoms with E-state index in [4.69, 9.17) is 0 Å². The minimum absolute atomic E-state index is 0.0141. The summed E-state index contributed by atoms with van der Waals surface area (Å²) in [7, 11) is 0. The van der Waals surface area contributed by atoms with E-state index in [-0.39, 0.29) is 17.7 Å². The number of benzene rings is 1. The molecule has 1 aromatic carbocycles. The Labute approximate surface area is 100 Å². The Morgan fingerprint density at radius 3 is 2.12 bits per heavy atom. The second-order valence-corrected chi connectivity index (χ2v) is 4.24. The van der Waals surface area contributed by atoms with Crippen molar-refractivity contribution in [2.24, 2.45) is 5.92 Å². The smallest absolute Gasteiger partial charge is 0.227 e. The fraction of sp³-hybridized carbons (Fsp3) is 0.385. The zero-order valence-electron chi connectivity index (χ0n) is 9.82. The molecule has 0 saturated heterocycles. The van der Waals surface area contributed by atoms with Gasteiger partial charge < -0.3 is 10.6 Å². The number of carbonyl (C=O) groups excluding carboxylic acids is 2. The number of rotatable bonds is 4. The van der Waals surface area contributed by atoms with Gasteiger partial charge in [0, 0.05) is 23.7 Å². The average molecular weight is 232 g/mol. The Balaban J connectivity index is 1.92. The molecule has 0 unspecified atom stereocenters. The first kappa shape index (κ1) is 11.6. The van der Waals surface area contributed by atoms with Crippen LogP contribution in [0.5, 0.6) is 0 Å². The maximum absolute atomic E-state index is 11.5. The lowest BCUT2D eigenvalue weighted by molar-refractivity contribution is -0.117. The number of anilines is 2. The second kappa shape index (κ2) is 4.99. The fourth-order valence-electron chi connectivity index (χ4n) is 1.48. The predicted molar refractivity (Wildman–Crippen MR) is 66.7 cm³/mol. The zero-order chi connectivity index (χ0) is 12.3. The van der Waals surface area contributed by atoms with E-state index >= 15 is 0 Å². The lowest BCUT2D eigenvalue weighted by Crippen LogP contribution is -2.13. The Morgan fingerprint density at radius 2 is 1.65 bits per heavy atom. The first-order chi connectivity index (χ1) is 8.19. The summed E-state index contributed by atoms with van der Waals surface area (Å²) in [6, 6.07) is 7.17. The lowest BCUT2D eigenvalue weighted by atomic mass is 10.2. The standard InChI is InChI=1S/C13H16N2O2/c1-2-12(16)14-10-5-7-11(8-6-10)15-13(17)9-3-4-9/h5-9H,2-4H2,1H3,(H,14,16)(H,15,17). The van der Waals surface area contributed by atoms with Crippen molar-refractivity contribution < 1.29 is 9.59 Å². The molecule has 90 valence electrons. The predicted octanol–water partition coefficient (Wildman–Crippen LogP) is 2.38. The molecule has 1 aliphatic carbocycles. The van der Waals surface area contributed by atoms with Gasteiger partial charge in [0.15, 0.2) is 0 Å². The van der Waals surface area contributed by atoms with E-state index in [1.54, 1.807) is 31.2 Å². The first-order valence-corrected chi connectivity index (χ1v) is 5.90. The molecule has 2 rings (SSSR count). The summed E-state index contributed by atoms with van der Waals surface area (Å²) in [5.74, 6) is 0.282. The third-order valence-electron chi connectivity index (χ3n) is 2.71. The molecule has 4 nitrogen and oxygen atoms in total. The molecule has 1 saturated carbocycles. The lowest BCUT2D eigenvalue weighted by Gasteiger charge is -2.06. The molecule has 0 heterocycles. The van der Waals surface area contributed by atoms with Gasteiger partial charge in [-0.25, -0.2) is 0 Å². The van der Waals surface area contributed by atoms with Gasteiger partial charge in [-0.1, -0.05) is 6.92 Å². The van der Waals surface area contributed by atoms with Crippen molar-refractivity contribution in [1.29, 1.82) is 0 Å². The number of hydrogen-bond acceptors (Lipinski definition) is 2. The molecule has 1 aromatic rings. The van der Waals surface area contributed by atoms with Crippen molar-refractivity contribution in [2.75, 3.05) is 10.6 Å². The molecule has 0 radical (unpaired) electrons. The molecule has 0 atom stereocenters. The van der Waals surface area contributed by atoms with Crippen LogP contribution in [0, 0.1) is 5.92 Å². The van der Waals surface area contributed by atoms with E-state index in [9.17, 15) is 9.59 Å². The summed E-state index contributed by atoms with van der Waals surface area (Å²) >= 11 is 0. The third kappa shape index (κ3) is 3.31. The van der Waals surface area contributed by atoms with Gasteiger partial charge in [-0.15, -0.1) is 0 Å². The van der Waals surface area contributed by atoms with E-state index in [1.165, 1.54) is 0 Å². The van der Waals surface area contributed by atoms with Gasteiger partial charge >= 0.3 is 0 Å². The summed E-state index contributed by atoms with van der Waals surface area (Å²) < 4.78 is 0. The number of nitrogens with one attached hydrogen (secondary N) is 2. The minimum Gasteiger partial charge on any atom is -0.326 e. The van der Waals surface area contributed by atoms with Crippen LogP contribution in [-0.2, 0) is 9.59 Å². The van der Waals surface area contributed by atoms with Crippen LogP contribution in [0.4, 0.5) is 11.4 Å². The van der Waals surface area contributed by atoms with Crippen molar-refractivity contribution in [3.8, 4) is 0 Å². The highest BCUT2D eigenvalue weighted by atomic mass is 16.2. The molecule has 17 heavy (non-hydrogen) atoms. The minimum atomic E-state index is -0.0141. The van der Waals surface area contributed by atoms with Gasteiger partial charge in [-0.3, -0.25) is 9.59 Å². The summed E-state index contributed by atoms with van der Waals surface area (Å²) in [4.78, 5) is 22.7. The maximum Gasteiger partial charge on any atom is 0.227 e. The molecule has 2 amide bonds. The van der Waals surface area contributed by atoms with Gasteiger partial charge in [-0.05, 0) is 37.1 Å². The van der Waals surface area contributed by atoms with Crippen LogP contribution >= 0.6 is 0 Å². The normalized spacial score (nSPS) is 14.2. The van der Waals surface area contributed by atoms with Crippen molar-refractivity contribution in [2.45, 2.75) is 26.2 Å². The summed E-state index contributed by atoms with van der Waals surface area (Å²) in [5.41, 5.74) is 1.53. The van der Waals surface area contributed by atoms with Crippen LogP contribution in [0.1, 0.15) is 26.2 Å². The fourth-order valence-corrected chi connectivity index (χ4v) is 1.48. The van der Waals surface area contributed by atoms with E-state index in [2.05, 4.69) is 10.6 Å². The van der Waals surface area contributed by atoms with Crippen LogP contribution in [0.3, 0.4) is 0 Å². The number of carbonyl (C=O) groups is 2. The molecular formula is C13H16N2O2. The molecule has 2 N–H and O–H groups in total. The largest absolute Gasteiger partial charge is 0.326 e. The first-order valence-electron chi connectivity index (χ1n) is 5.90. The topological polar surface area (TPSA) is 58.2 Å². The Morgan fingerprint density at radius 1 is 1.12 bits per heavy atom. The summed E-state index contributed by atoms with van der Waals surface area (Å²) in [5, 5.41) is 5.60. The highest BCUT2D eigenvalue weighted by Gasteiger charge is 2.29. The molecule has 4 heteroatoms. The van der Waals surface area contributed by atoms with Crippen LogP contribution in [0.15, 0.2) is 24.3 Å². The second-order valence-electron chi connectivity index (χ2n) is 4.24. The summed E-state index contributed by atoms with van der Waals surface area (Å²) in [6.07, 6.45) is 2.45. The number of amides is 2. The molecule has 0 aliphatic heterocycles. The van der Waals surface area contributed by atoms with Crippen LogP contribution in [0.25, 0.3) is 0 Å². The highest BCUT2D eigenvalue weighted by molar-refractivity contribution is 5.94. The van der Waals surface area contributed by atoms with Crippen LogP contribution in [-0.4, -0.2) is 11.8 Å². The van der Waals surface area contributed by atoms with Crippen molar-refractivity contribution in [3.63, 3.8) is 0 Å². The Hall–Kier alpha value is -1.84. The Kier molecular flexibility index (Phi) is 3.42. The van der Waals surface area contributed by atoms with E-state index in [1.807, 2.05) is 0 Å². The van der Waals surface area contributed by atoms with Crippen molar-refractivity contribution in [1.82, 2.24) is 0 Å². The highest BCUT2D eigenvalue weighted by Crippen LogP contribution is 2.30. The van der Waals surface area contributed by atoms with E-state index < -0.39 is 0 Å². The van der Waals surface area contributed by atoms with Gasteiger partial charge in [0.1, 0.15) is 0 Å².